The predicted octanol–water partition coefficient (Wildman–Crippen LogP) is 3.47. The van der Waals surface area contributed by atoms with Crippen molar-refractivity contribution >= 4 is 17.4 Å². The highest BCUT2D eigenvalue weighted by Gasteiger charge is 2.45. The summed E-state index contributed by atoms with van der Waals surface area (Å²) in [7, 11) is 1.60. The standard InChI is InChI=1S/C24H25NO5/c1-15-13-18-14-17(9-10-19(18)30-15)22(26)20-21(16-7-4-3-5-8-16)25(11-6-12-29-2)24(28)23(20)27/h3-5,7-10,14-15,21,26H,6,11-13H2,1-2H3/b22-20+. The number of carbonyl (C=O) groups is 2. The Morgan fingerprint density at radius 3 is 2.70 bits per heavy atom. The van der Waals surface area contributed by atoms with Crippen molar-refractivity contribution in [2.75, 3.05) is 20.3 Å². The normalized spacial score (nSPS) is 22.3. The monoisotopic (exact) mass is 407 g/mol. The van der Waals surface area contributed by atoms with E-state index in [1.165, 1.54) is 4.90 Å². The molecule has 2 aromatic rings. The van der Waals surface area contributed by atoms with Crippen LogP contribution < -0.4 is 4.74 Å². The average molecular weight is 407 g/mol. The number of likely N-dealkylation sites (tertiary alicyclic amines) is 1. The van der Waals surface area contributed by atoms with Gasteiger partial charge < -0.3 is 19.5 Å². The number of rotatable bonds is 6. The lowest BCUT2D eigenvalue weighted by atomic mass is 9.94. The molecule has 30 heavy (non-hydrogen) atoms. The first kappa shape index (κ1) is 20.2. The molecule has 1 saturated heterocycles. The molecule has 1 fully saturated rings. The van der Waals surface area contributed by atoms with Crippen LogP contribution in [0.1, 0.15) is 36.1 Å². The second kappa shape index (κ2) is 8.32. The minimum absolute atomic E-state index is 0.0769. The highest BCUT2D eigenvalue weighted by atomic mass is 16.5. The van der Waals surface area contributed by atoms with E-state index in [4.69, 9.17) is 9.47 Å². The number of aliphatic hydroxyl groups excluding tert-OH is 1. The number of ether oxygens (including phenoxy) is 2. The second-order valence-corrected chi connectivity index (χ2v) is 7.70. The third-order valence-corrected chi connectivity index (χ3v) is 5.57. The van der Waals surface area contributed by atoms with Crippen LogP contribution in [0.25, 0.3) is 5.76 Å². The van der Waals surface area contributed by atoms with Gasteiger partial charge in [-0.25, -0.2) is 0 Å². The van der Waals surface area contributed by atoms with Gasteiger partial charge in [-0.05, 0) is 42.7 Å². The second-order valence-electron chi connectivity index (χ2n) is 7.70. The molecular weight excluding hydrogens is 382 g/mol. The lowest BCUT2D eigenvalue weighted by molar-refractivity contribution is -0.140. The molecule has 0 spiro atoms. The van der Waals surface area contributed by atoms with Crippen LogP contribution in [0.5, 0.6) is 5.75 Å². The highest BCUT2D eigenvalue weighted by molar-refractivity contribution is 6.46. The zero-order valence-corrected chi connectivity index (χ0v) is 17.1. The first-order chi connectivity index (χ1) is 14.5. The molecule has 2 unspecified atom stereocenters. The molecule has 0 radical (unpaired) electrons. The van der Waals surface area contributed by atoms with Crippen LogP contribution in [-0.4, -0.2) is 48.1 Å². The van der Waals surface area contributed by atoms with Crippen LogP contribution in [0.3, 0.4) is 0 Å². The summed E-state index contributed by atoms with van der Waals surface area (Å²) < 4.78 is 10.8. The van der Waals surface area contributed by atoms with Crippen LogP contribution in [0, 0.1) is 0 Å². The van der Waals surface area contributed by atoms with Crippen molar-refractivity contribution in [2.24, 2.45) is 0 Å². The van der Waals surface area contributed by atoms with Crippen LogP contribution in [0.2, 0.25) is 0 Å². The first-order valence-corrected chi connectivity index (χ1v) is 10.1. The number of nitrogens with zero attached hydrogens (tertiary/aromatic N) is 1. The average Bonchev–Trinajstić information content (AvgIpc) is 3.25. The van der Waals surface area contributed by atoms with Gasteiger partial charge in [0, 0.05) is 32.2 Å². The molecule has 6 heteroatoms. The maximum Gasteiger partial charge on any atom is 0.295 e. The van der Waals surface area contributed by atoms with E-state index < -0.39 is 17.7 Å². The minimum Gasteiger partial charge on any atom is -0.507 e. The number of ketones is 1. The number of carbonyl (C=O) groups excluding carboxylic acids is 2. The number of benzene rings is 2. The fourth-order valence-corrected chi connectivity index (χ4v) is 4.20. The van der Waals surface area contributed by atoms with Crippen LogP contribution in [-0.2, 0) is 20.7 Å². The van der Waals surface area contributed by atoms with E-state index in [9.17, 15) is 14.7 Å². The summed E-state index contributed by atoms with van der Waals surface area (Å²) in [6.45, 7) is 2.83. The Bertz CT molecular complexity index is 998. The van der Waals surface area contributed by atoms with Gasteiger partial charge in [-0.15, -0.1) is 0 Å². The van der Waals surface area contributed by atoms with E-state index in [-0.39, 0.29) is 17.4 Å². The lowest BCUT2D eigenvalue weighted by Gasteiger charge is -2.25. The molecule has 156 valence electrons. The fraction of sp³-hybridized carbons (Fsp3) is 0.333. The largest absolute Gasteiger partial charge is 0.507 e. The summed E-state index contributed by atoms with van der Waals surface area (Å²) in [5, 5.41) is 11.1. The fourth-order valence-electron chi connectivity index (χ4n) is 4.20. The van der Waals surface area contributed by atoms with Gasteiger partial charge in [0.2, 0.25) is 0 Å². The Morgan fingerprint density at radius 1 is 1.20 bits per heavy atom. The van der Waals surface area contributed by atoms with Crippen molar-refractivity contribution in [1.82, 2.24) is 4.90 Å². The Hall–Kier alpha value is -3.12. The van der Waals surface area contributed by atoms with Crippen molar-refractivity contribution in [1.29, 1.82) is 0 Å². The van der Waals surface area contributed by atoms with E-state index in [0.29, 0.717) is 25.1 Å². The van der Waals surface area contributed by atoms with Crippen molar-refractivity contribution in [3.05, 3.63) is 70.8 Å². The summed E-state index contributed by atoms with van der Waals surface area (Å²) in [6.07, 6.45) is 1.42. The molecular formula is C24H25NO5. The van der Waals surface area contributed by atoms with Crippen molar-refractivity contribution < 1.29 is 24.2 Å². The lowest BCUT2D eigenvalue weighted by Crippen LogP contribution is -2.31. The Kier molecular flexibility index (Phi) is 5.59. The van der Waals surface area contributed by atoms with E-state index in [1.807, 2.05) is 43.3 Å². The van der Waals surface area contributed by atoms with E-state index in [2.05, 4.69) is 0 Å². The molecule has 6 nitrogen and oxygen atoms in total. The molecule has 0 aromatic heterocycles. The first-order valence-electron chi connectivity index (χ1n) is 10.1. The number of fused-ring (bicyclic) bond motifs is 1. The van der Waals surface area contributed by atoms with E-state index in [1.54, 1.807) is 19.2 Å². The Balaban J connectivity index is 1.78. The predicted molar refractivity (Wildman–Crippen MR) is 112 cm³/mol. The molecule has 2 heterocycles. The molecule has 0 aliphatic carbocycles. The molecule has 2 aliphatic rings. The Labute approximate surface area is 175 Å². The quantitative estimate of drug-likeness (QED) is 0.343. The van der Waals surface area contributed by atoms with Crippen LogP contribution >= 0.6 is 0 Å². The van der Waals surface area contributed by atoms with Crippen LogP contribution in [0.4, 0.5) is 0 Å². The summed E-state index contributed by atoms with van der Waals surface area (Å²) in [6, 6.07) is 14.1. The third-order valence-electron chi connectivity index (χ3n) is 5.57. The zero-order valence-electron chi connectivity index (χ0n) is 17.1. The summed E-state index contributed by atoms with van der Waals surface area (Å²) in [5.74, 6) is -0.624. The molecule has 4 rings (SSSR count). The number of methoxy groups -OCH3 is 1. The molecule has 2 aromatic carbocycles. The topological polar surface area (TPSA) is 76.1 Å². The van der Waals surface area contributed by atoms with Gasteiger partial charge in [0.15, 0.2) is 0 Å². The van der Waals surface area contributed by atoms with Gasteiger partial charge in [0.1, 0.15) is 17.6 Å². The van der Waals surface area contributed by atoms with Crippen LogP contribution in [0.15, 0.2) is 54.1 Å². The minimum atomic E-state index is -0.663. The summed E-state index contributed by atoms with van der Waals surface area (Å²) in [5.41, 5.74) is 2.41. The molecule has 0 bridgehead atoms. The van der Waals surface area contributed by atoms with E-state index in [0.717, 1.165) is 23.3 Å². The van der Waals surface area contributed by atoms with Gasteiger partial charge in [-0.1, -0.05) is 30.3 Å². The van der Waals surface area contributed by atoms with Gasteiger partial charge in [-0.3, -0.25) is 9.59 Å². The number of aliphatic hydroxyl groups is 1. The van der Waals surface area contributed by atoms with Crippen molar-refractivity contribution in [2.45, 2.75) is 31.9 Å². The summed E-state index contributed by atoms with van der Waals surface area (Å²) in [4.78, 5) is 27.3. The smallest absolute Gasteiger partial charge is 0.295 e. The number of hydrogen-bond acceptors (Lipinski definition) is 5. The van der Waals surface area contributed by atoms with Crippen molar-refractivity contribution in [3.8, 4) is 5.75 Å². The van der Waals surface area contributed by atoms with Crippen molar-refractivity contribution in [3.63, 3.8) is 0 Å². The van der Waals surface area contributed by atoms with Gasteiger partial charge in [-0.2, -0.15) is 0 Å². The highest BCUT2D eigenvalue weighted by Crippen LogP contribution is 2.40. The van der Waals surface area contributed by atoms with Gasteiger partial charge in [0.05, 0.1) is 11.6 Å². The SMILES string of the molecule is COCCCN1C(=O)C(=O)/C(=C(/O)c2ccc3c(c2)CC(C)O3)C1c1ccccc1. The maximum absolute atomic E-state index is 13.0. The molecule has 0 saturated carbocycles. The van der Waals surface area contributed by atoms with Gasteiger partial charge in [0.25, 0.3) is 11.7 Å². The number of Topliss-reactive ketones (excluding diaryl/α,β-unsaturated/α-hetero) is 1. The third kappa shape index (κ3) is 3.59. The van der Waals surface area contributed by atoms with Gasteiger partial charge >= 0.3 is 0 Å². The molecule has 1 amide bonds. The molecule has 1 N–H and O–H groups in total. The summed E-state index contributed by atoms with van der Waals surface area (Å²) >= 11 is 0. The van der Waals surface area contributed by atoms with E-state index >= 15 is 0 Å². The number of amides is 1. The maximum atomic E-state index is 13.0. The Morgan fingerprint density at radius 2 is 1.97 bits per heavy atom. The molecule has 2 atom stereocenters. The zero-order chi connectivity index (χ0) is 21.3. The number of hydrogen-bond donors (Lipinski definition) is 1. The molecule has 2 aliphatic heterocycles.